The second-order valence-corrected chi connectivity index (χ2v) is 3.78. The van der Waals surface area contributed by atoms with Gasteiger partial charge >= 0.3 is 0 Å². The minimum absolute atomic E-state index is 0.633. The third kappa shape index (κ3) is 5.58. The smallest absolute Gasteiger partial charge is 0.125 e. The van der Waals surface area contributed by atoms with E-state index in [4.69, 9.17) is 4.74 Å². The zero-order valence-corrected chi connectivity index (χ0v) is 9.99. The van der Waals surface area contributed by atoms with Crippen molar-refractivity contribution in [3.8, 4) is 0 Å². The molecule has 0 aliphatic rings. The molecule has 0 unspecified atom stereocenters. The molecule has 0 radical (unpaired) electrons. The van der Waals surface area contributed by atoms with Gasteiger partial charge in [0.1, 0.15) is 5.82 Å². The monoisotopic (exact) mass is 221 g/mol. The number of ether oxygens (including phenoxy) is 1. The summed E-state index contributed by atoms with van der Waals surface area (Å²) in [6, 6.07) is 1.91. The fraction of sp³-hybridized carbons (Fsp3) is 0.500. The first-order chi connectivity index (χ1) is 7.68. The van der Waals surface area contributed by atoms with E-state index in [1.54, 1.807) is 6.20 Å². The Kier molecular flexibility index (Phi) is 5.67. The van der Waals surface area contributed by atoms with Crippen molar-refractivity contribution in [3.63, 3.8) is 0 Å². The lowest BCUT2D eigenvalue weighted by molar-refractivity contribution is 0.157. The van der Waals surface area contributed by atoms with Crippen molar-refractivity contribution in [3.05, 3.63) is 35.9 Å². The summed E-state index contributed by atoms with van der Waals surface area (Å²) in [6.45, 7) is 10.5. The van der Waals surface area contributed by atoms with E-state index < -0.39 is 0 Å². The van der Waals surface area contributed by atoms with Gasteiger partial charge in [0.15, 0.2) is 0 Å². The molecule has 0 saturated carbocycles. The lowest BCUT2D eigenvalue weighted by atomic mass is 10.4. The summed E-state index contributed by atoms with van der Waals surface area (Å²) < 4.78 is 5.36. The zero-order chi connectivity index (χ0) is 11.8. The van der Waals surface area contributed by atoms with Crippen LogP contribution in [-0.2, 0) is 11.3 Å². The molecular weight excluding hydrogens is 202 g/mol. The summed E-state index contributed by atoms with van der Waals surface area (Å²) in [7, 11) is 0. The van der Waals surface area contributed by atoms with Gasteiger partial charge in [0.25, 0.3) is 0 Å². The number of aromatic nitrogens is 2. The van der Waals surface area contributed by atoms with E-state index in [9.17, 15) is 0 Å². The molecular formula is C12H19N3O. The second-order valence-electron chi connectivity index (χ2n) is 3.78. The predicted molar refractivity (Wildman–Crippen MR) is 64.1 cm³/mol. The van der Waals surface area contributed by atoms with Crippen LogP contribution in [0.15, 0.2) is 24.4 Å². The Bertz CT molecular complexity index is 339. The van der Waals surface area contributed by atoms with Gasteiger partial charge in [0.2, 0.25) is 0 Å². The van der Waals surface area contributed by atoms with Crippen LogP contribution in [0.1, 0.15) is 18.4 Å². The average molecular weight is 221 g/mol. The van der Waals surface area contributed by atoms with Crippen LogP contribution < -0.4 is 5.32 Å². The molecule has 0 fully saturated rings. The van der Waals surface area contributed by atoms with E-state index in [-0.39, 0.29) is 0 Å². The molecule has 1 heterocycles. The van der Waals surface area contributed by atoms with E-state index in [0.717, 1.165) is 30.2 Å². The SMILES string of the molecule is C=C(C)COCCNCc1ccnc(C)n1. The molecule has 0 amide bonds. The molecule has 88 valence electrons. The molecule has 0 atom stereocenters. The number of hydrogen-bond donors (Lipinski definition) is 1. The average Bonchev–Trinajstić information content (AvgIpc) is 2.23. The van der Waals surface area contributed by atoms with E-state index in [1.165, 1.54) is 0 Å². The van der Waals surface area contributed by atoms with E-state index in [0.29, 0.717) is 13.2 Å². The first-order valence-corrected chi connectivity index (χ1v) is 5.40. The van der Waals surface area contributed by atoms with E-state index >= 15 is 0 Å². The van der Waals surface area contributed by atoms with Crippen LogP contribution in [0.5, 0.6) is 0 Å². The maximum atomic E-state index is 5.36. The Morgan fingerprint density at radius 1 is 1.56 bits per heavy atom. The number of rotatable bonds is 7. The standard InChI is InChI=1S/C12H19N3O/c1-10(2)9-16-7-6-13-8-12-4-5-14-11(3)15-12/h4-5,13H,1,6-9H2,2-3H3. The Balaban J connectivity index is 2.09. The number of nitrogens with zero attached hydrogens (tertiary/aromatic N) is 2. The van der Waals surface area contributed by atoms with Gasteiger partial charge in [-0.3, -0.25) is 0 Å². The fourth-order valence-corrected chi connectivity index (χ4v) is 1.21. The van der Waals surface area contributed by atoms with E-state index in [1.807, 2.05) is 19.9 Å². The van der Waals surface area contributed by atoms with Crippen molar-refractivity contribution < 1.29 is 4.74 Å². The maximum Gasteiger partial charge on any atom is 0.125 e. The molecule has 0 saturated heterocycles. The summed E-state index contributed by atoms with van der Waals surface area (Å²) in [6.07, 6.45) is 1.77. The van der Waals surface area contributed by atoms with Gasteiger partial charge in [0.05, 0.1) is 18.9 Å². The summed E-state index contributed by atoms with van der Waals surface area (Å²) in [5.74, 6) is 0.804. The normalized spacial score (nSPS) is 10.4. The Hall–Kier alpha value is -1.26. The van der Waals surface area contributed by atoms with Crippen LogP contribution in [0.25, 0.3) is 0 Å². The largest absolute Gasteiger partial charge is 0.376 e. The van der Waals surface area contributed by atoms with Gasteiger partial charge in [-0.25, -0.2) is 9.97 Å². The number of aryl methyl sites for hydroxylation is 1. The highest BCUT2D eigenvalue weighted by atomic mass is 16.5. The molecule has 16 heavy (non-hydrogen) atoms. The quantitative estimate of drug-likeness (QED) is 0.559. The van der Waals surface area contributed by atoms with Gasteiger partial charge in [-0.2, -0.15) is 0 Å². The third-order valence-corrected chi connectivity index (χ3v) is 1.91. The molecule has 4 nitrogen and oxygen atoms in total. The summed E-state index contributed by atoms with van der Waals surface area (Å²) in [5.41, 5.74) is 2.05. The molecule has 0 aromatic carbocycles. The van der Waals surface area contributed by atoms with Crippen LogP contribution in [0.2, 0.25) is 0 Å². The fourth-order valence-electron chi connectivity index (χ4n) is 1.21. The highest BCUT2D eigenvalue weighted by Crippen LogP contribution is 1.93. The molecule has 1 aromatic rings. The number of hydrogen-bond acceptors (Lipinski definition) is 4. The van der Waals surface area contributed by atoms with Crippen molar-refractivity contribution in [2.24, 2.45) is 0 Å². The second kappa shape index (κ2) is 7.09. The lowest BCUT2D eigenvalue weighted by Gasteiger charge is -2.05. The van der Waals surface area contributed by atoms with Crippen LogP contribution in [0.4, 0.5) is 0 Å². The van der Waals surface area contributed by atoms with Crippen molar-refractivity contribution in [1.82, 2.24) is 15.3 Å². The van der Waals surface area contributed by atoms with Crippen LogP contribution in [-0.4, -0.2) is 29.7 Å². The first-order valence-electron chi connectivity index (χ1n) is 5.40. The Labute approximate surface area is 96.8 Å². The molecule has 0 spiro atoms. The predicted octanol–water partition coefficient (Wildman–Crippen LogP) is 1.47. The number of nitrogens with one attached hydrogen (secondary N) is 1. The highest BCUT2D eigenvalue weighted by Gasteiger charge is 1.95. The van der Waals surface area contributed by atoms with Gasteiger partial charge in [0, 0.05) is 19.3 Å². The molecule has 1 aromatic heterocycles. The van der Waals surface area contributed by atoms with Gasteiger partial charge in [-0.1, -0.05) is 12.2 Å². The van der Waals surface area contributed by atoms with Crippen LogP contribution >= 0.6 is 0 Å². The van der Waals surface area contributed by atoms with Gasteiger partial charge in [-0.05, 0) is 19.9 Å². The Morgan fingerprint density at radius 2 is 2.38 bits per heavy atom. The summed E-state index contributed by atoms with van der Waals surface area (Å²) in [4.78, 5) is 8.33. The van der Waals surface area contributed by atoms with E-state index in [2.05, 4.69) is 21.9 Å². The van der Waals surface area contributed by atoms with Crippen molar-refractivity contribution >= 4 is 0 Å². The Morgan fingerprint density at radius 3 is 3.06 bits per heavy atom. The molecule has 1 rings (SSSR count). The summed E-state index contributed by atoms with van der Waals surface area (Å²) >= 11 is 0. The van der Waals surface area contributed by atoms with Crippen molar-refractivity contribution in [2.75, 3.05) is 19.8 Å². The lowest BCUT2D eigenvalue weighted by Crippen LogP contribution is -2.20. The summed E-state index contributed by atoms with van der Waals surface area (Å²) in [5, 5.41) is 3.26. The van der Waals surface area contributed by atoms with Crippen LogP contribution in [0, 0.1) is 6.92 Å². The van der Waals surface area contributed by atoms with Crippen LogP contribution in [0.3, 0.4) is 0 Å². The molecule has 0 aliphatic carbocycles. The maximum absolute atomic E-state index is 5.36. The molecule has 4 heteroatoms. The third-order valence-electron chi connectivity index (χ3n) is 1.91. The highest BCUT2D eigenvalue weighted by molar-refractivity contribution is 5.00. The molecule has 0 bridgehead atoms. The molecule has 1 N–H and O–H groups in total. The molecule has 0 aliphatic heterocycles. The van der Waals surface area contributed by atoms with Crippen molar-refractivity contribution in [2.45, 2.75) is 20.4 Å². The first kappa shape index (κ1) is 12.8. The minimum Gasteiger partial charge on any atom is -0.376 e. The van der Waals surface area contributed by atoms with Crippen molar-refractivity contribution in [1.29, 1.82) is 0 Å². The van der Waals surface area contributed by atoms with Gasteiger partial charge in [-0.15, -0.1) is 0 Å². The zero-order valence-electron chi connectivity index (χ0n) is 9.99. The minimum atomic E-state index is 0.633. The topological polar surface area (TPSA) is 47.0 Å². The van der Waals surface area contributed by atoms with Gasteiger partial charge < -0.3 is 10.1 Å².